The predicted molar refractivity (Wildman–Crippen MR) is 133 cm³/mol. The van der Waals surface area contributed by atoms with Gasteiger partial charge < -0.3 is 15.3 Å². The van der Waals surface area contributed by atoms with Gasteiger partial charge in [-0.1, -0.05) is 30.3 Å². The minimum absolute atomic E-state index is 0.148. The number of carbonyl (C=O) groups excluding carboxylic acids is 1. The number of anilines is 2. The first-order valence-corrected chi connectivity index (χ1v) is 11.9. The zero-order valence-electron chi connectivity index (χ0n) is 19.3. The number of hydrogen-bond donors (Lipinski definition) is 2. The molecule has 4 heterocycles. The van der Waals surface area contributed by atoms with E-state index in [0.717, 1.165) is 27.8 Å². The second kappa shape index (κ2) is 10.5. The number of aliphatic hydroxyl groups excluding tert-OH is 1. The van der Waals surface area contributed by atoms with Crippen LogP contribution in [0.15, 0.2) is 60.2 Å². The Morgan fingerprint density at radius 1 is 1.09 bits per heavy atom. The van der Waals surface area contributed by atoms with E-state index in [4.69, 9.17) is 10.1 Å². The summed E-state index contributed by atoms with van der Waals surface area (Å²) in [6, 6.07) is 14.2. The van der Waals surface area contributed by atoms with Crippen molar-refractivity contribution in [2.75, 3.05) is 18.9 Å². The first kappa shape index (κ1) is 23.5. The lowest BCUT2D eigenvalue weighted by Crippen LogP contribution is -2.24. The van der Waals surface area contributed by atoms with E-state index in [2.05, 4.69) is 46.4 Å². The number of amides is 1. The van der Waals surface area contributed by atoms with Crippen molar-refractivity contribution in [1.29, 1.82) is 0 Å². The zero-order chi connectivity index (χ0) is 24.1. The fourth-order valence-corrected chi connectivity index (χ4v) is 4.23. The molecule has 1 amide bonds. The van der Waals surface area contributed by atoms with E-state index >= 15 is 0 Å². The van der Waals surface area contributed by atoms with Crippen LogP contribution >= 0.6 is 11.3 Å². The molecule has 1 aliphatic heterocycles. The van der Waals surface area contributed by atoms with E-state index in [0.29, 0.717) is 18.9 Å². The minimum atomic E-state index is -0.722. The van der Waals surface area contributed by atoms with Crippen LogP contribution in [-0.4, -0.2) is 60.3 Å². The molecule has 1 fully saturated rings. The van der Waals surface area contributed by atoms with Crippen LogP contribution in [0.5, 0.6) is 0 Å². The van der Waals surface area contributed by atoms with E-state index in [-0.39, 0.29) is 11.9 Å². The Hall–Kier alpha value is -3.63. The first-order chi connectivity index (χ1) is 16.4. The number of aromatic nitrogens is 5. The van der Waals surface area contributed by atoms with Crippen molar-refractivity contribution in [3.63, 3.8) is 0 Å². The Bertz CT molecular complexity index is 1230. The Balaban J connectivity index is 0.000000291. The minimum Gasteiger partial charge on any atom is -0.383 e. The third-order valence-electron chi connectivity index (χ3n) is 5.24. The van der Waals surface area contributed by atoms with Gasteiger partial charge in [0.15, 0.2) is 0 Å². The summed E-state index contributed by atoms with van der Waals surface area (Å²) in [5.74, 6) is 1.24. The van der Waals surface area contributed by atoms with Crippen molar-refractivity contribution in [2.45, 2.75) is 32.4 Å². The number of aliphatic hydroxyl groups is 1. The van der Waals surface area contributed by atoms with Crippen LogP contribution in [0.3, 0.4) is 0 Å². The number of benzene rings is 1. The van der Waals surface area contributed by atoms with Gasteiger partial charge in [-0.2, -0.15) is 5.10 Å². The molecule has 0 spiro atoms. The number of carbonyl (C=O) groups is 1. The fourth-order valence-electron chi connectivity index (χ4n) is 3.41. The van der Waals surface area contributed by atoms with Crippen LogP contribution in [0.1, 0.15) is 26.3 Å². The van der Waals surface area contributed by atoms with Crippen LogP contribution in [0.25, 0.3) is 22.0 Å². The highest BCUT2D eigenvalue weighted by atomic mass is 32.1. The molecule has 3 aromatic heterocycles. The molecule has 1 aliphatic rings. The summed E-state index contributed by atoms with van der Waals surface area (Å²) in [6.07, 6.45) is 3.37. The Kier molecular flexibility index (Phi) is 7.29. The molecular formula is C24H27N7O2S. The molecule has 2 N–H and O–H groups in total. The standard InChI is InChI=1S/C19H18N6S.C5H9NO2/c1-13(2)25-17(9-11-21-25)24-19-20-10-8-15(23-19)16-12-26-18(22-16)14-6-4-3-5-7-14;1-6-3-2-4(7)5(6)8/h3-13H,1-2H3,(H,20,23,24);4,7H,2-3H2,1H3. The molecule has 1 saturated heterocycles. The maximum atomic E-state index is 10.6. The van der Waals surface area contributed by atoms with Crippen LogP contribution in [0, 0.1) is 0 Å². The largest absolute Gasteiger partial charge is 0.383 e. The second-order valence-corrected chi connectivity index (χ2v) is 8.97. The number of nitrogens with one attached hydrogen (secondary N) is 1. The van der Waals surface area contributed by atoms with Gasteiger partial charge in [-0.15, -0.1) is 11.3 Å². The number of likely N-dealkylation sites (N-methyl/N-ethyl adjacent to an activating group) is 1. The lowest BCUT2D eigenvalue weighted by atomic mass is 10.2. The van der Waals surface area contributed by atoms with E-state index in [1.165, 1.54) is 4.90 Å². The maximum absolute atomic E-state index is 10.6. The number of nitrogens with zero attached hydrogens (tertiary/aromatic N) is 6. The van der Waals surface area contributed by atoms with E-state index in [1.807, 2.05) is 40.4 Å². The highest BCUT2D eigenvalue weighted by molar-refractivity contribution is 7.13. The van der Waals surface area contributed by atoms with Crippen molar-refractivity contribution in [3.05, 3.63) is 60.2 Å². The van der Waals surface area contributed by atoms with Gasteiger partial charge in [0.05, 0.1) is 11.9 Å². The molecule has 34 heavy (non-hydrogen) atoms. The second-order valence-electron chi connectivity index (χ2n) is 8.11. The number of thiazole rings is 1. The molecule has 4 aromatic rings. The highest BCUT2D eigenvalue weighted by Gasteiger charge is 2.26. The maximum Gasteiger partial charge on any atom is 0.251 e. The summed E-state index contributed by atoms with van der Waals surface area (Å²) in [4.78, 5) is 25.8. The number of hydrogen-bond acceptors (Lipinski definition) is 8. The van der Waals surface area contributed by atoms with Crippen LogP contribution < -0.4 is 5.32 Å². The predicted octanol–water partition coefficient (Wildman–Crippen LogP) is 4.00. The summed E-state index contributed by atoms with van der Waals surface area (Å²) in [6.45, 7) is 4.85. The molecule has 1 aromatic carbocycles. The van der Waals surface area contributed by atoms with Crippen LogP contribution in [0.4, 0.5) is 11.8 Å². The Morgan fingerprint density at radius 2 is 1.88 bits per heavy atom. The monoisotopic (exact) mass is 477 g/mol. The lowest BCUT2D eigenvalue weighted by Gasteiger charge is -2.11. The molecule has 0 bridgehead atoms. The van der Waals surface area contributed by atoms with Gasteiger partial charge in [0, 0.05) is 42.8 Å². The summed E-state index contributed by atoms with van der Waals surface area (Å²) in [5, 5.41) is 19.3. The van der Waals surface area contributed by atoms with E-state index in [1.54, 1.807) is 30.8 Å². The fraction of sp³-hybridized carbons (Fsp3) is 0.292. The van der Waals surface area contributed by atoms with Crippen molar-refractivity contribution in [3.8, 4) is 22.0 Å². The van der Waals surface area contributed by atoms with E-state index in [9.17, 15) is 4.79 Å². The number of rotatable bonds is 5. The third kappa shape index (κ3) is 5.46. The molecule has 1 atom stereocenters. The molecule has 0 saturated carbocycles. The summed E-state index contributed by atoms with van der Waals surface area (Å²) in [5.41, 5.74) is 2.74. The molecule has 1 unspecified atom stereocenters. The van der Waals surface area contributed by atoms with Gasteiger partial charge >= 0.3 is 0 Å². The molecule has 9 nitrogen and oxygen atoms in total. The summed E-state index contributed by atoms with van der Waals surface area (Å²) in [7, 11) is 1.69. The summed E-state index contributed by atoms with van der Waals surface area (Å²) >= 11 is 1.61. The normalized spacial score (nSPS) is 15.4. The van der Waals surface area contributed by atoms with Crippen molar-refractivity contribution < 1.29 is 9.90 Å². The zero-order valence-corrected chi connectivity index (χ0v) is 20.1. The Morgan fingerprint density at radius 3 is 2.53 bits per heavy atom. The Labute approximate surface area is 202 Å². The molecule has 176 valence electrons. The molecular weight excluding hydrogens is 450 g/mol. The van der Waals surface area contributed by atoms with Gasteiger partial charge in [0.1, 0.15) is 22.6 Å². The van der Waals surface area contributed by atoms with Crippen LogP contribution in [-0.2, 0) is 4.79 Å². The smallest absolute Gasteiger partial charge is 0.251 e. The SMILES string of the molecule is CC(C)n1nccc1Nc1nccc(-c2csc(-c3ccccc3)n2)n1.CN1CCC(O)C1=O. The average molecular weight is 478 g/mol. The average Bonchev–Trinajstić information content (AvgIpc) is 3.59. The lowest BCUT2D eigenvalue weighted by molar-refractivity contribution is -0.133. The van der Waals surface area contributed by atoms with Crippen molar-refractivity contribution in [1.82, 2.24) is 29.6 Å². The van der Waals surface area contributed by atoms with Crippen LogP contribution in [0.2, 0.25) is 0 Å². The molecule has 10 heteroatoms. The number of likely N-dealkylation sites (tertiary alicyclic amines) is 1. The molecule has 0 aliphatic carbocycles. The quantitative estimate of drug-likeness (QED) is 0.447. The van der Waals surface area contributed by atoms with Gasteiger partial charge in [-0.3, -0.25) is 4.79 Å². The molecule has 5 rings (SSSR count). The first-order valence-electron chi connectivity index (χ1n) is 11.0. The summed E-state index contributed by atoms with van der Waals surface area (Å²) < 4.78 is 1.90. The highest BCUT2D eigenvalue weighted by Crippen LogP contribution is 2.28. The third-order valence-corrected chi connectivity index (χ3v) is 6.13. The van der Waals surface area contributed by atoms with E-state index < -0.39 is 6.10 Å². The van der Waals surface area contributed by atoms with Gasteiger partial charge in [0.2, 0.25) is 5.95 Å². The van der Waals surface area contributed by atoms with Gasteiger partial charge in [0.25, 0.3) is 5.91 Å². The van der Waals surface area contributed by atoms with Gasteiger partial charge in [-0.05, 0) is 26.3 Å². The van der Waals surface area contributed by atoms with Crippen molar-refractivity contribution >= 4 is 29.0 Å². The van der Waals surface area contributed by atoms with Crippen molar-refractivity contribution in [2.24, 2.45) is 0 Å². The molecule has 0 radical (unpaired) electrons. The topological polar surface area (TPSA) is 109 Å². The van der Waals surface area contributed by atoms with Gasteiger partial charge in [-0.25, -0.2) is 19.6 Å².